The monoisotopic (exact) mass is 275 g/mol. The predicted molar refractivity (Wildman–Crippen MR) is 76.3 cm³/mol. The number of rotatable bonds is 6. The maximum Gasteiger partial charge on any atom is 0.410 e. The highest BCUT2D eigenvalue weighted by atomic mass is 16.6. The molecule has 0 aromatic heterocycles. The maximum atomic E-state index is 12.1. The number of carbonyl (C=O) groups is 2. The minimum Gasteiger partial charge on any atom is -0.447 e. The number of nitrogens with zero attached hydrogens (tertiary/aromatic N) is 1. The molecule has 20 heavy (non-hydrogen) atoms. The number of cyclic esters (lactones) is 1. The van der Waals surface area contributed by atoms with Crippen molar-refractivity contribution >= 4 is 12.4 Å². The normalized spacial score (nSPS) is 21.4. The highest BCUT2D eigenvalue weighted by molar-refractivity contribution is 5.71. The van der Waals surface area contributed by atoms with Crippen LogP contribution in [0.2, 0.25) is 0 Å². The summed E-state index contributed by atoms with van der Waals surface area (Å²) in [6.45, 7) is 4.43. The molecule has 1 aliphatic heterocycles. The third-order valence-corrected chi connectivity index (χ3v) is 4.00. The average molecular weight is 275 g/mol. The van der Waals surface area contributed by atoms with Gasteiger partial charge in [0.15, 0.2) is 0 Å². The number of benzene rings is 1. The average Bonchev–Trinajstić information content (AvgIpc) is 2.83. The van der Waals surface area contributed by atoms with Crippen molar-refractivity contribution in [1.82, 2.24) is 4.90 Å². The first-order valence-corrected chi connectivity index (χ1v) is 7.12. The van der Waals surface area contributed by atoms with Crippen LogP contribution >= 0.6 is 0 Å². The lowest BCUT2D eigenvalue weighted by atomic mass is 9.93. The molecule has 4 nitrogen and oxygen atoms in total. The minimum atomic E-state index is -0.275. The molecule has 1 heterocycles. The van der Waals surface area contributed by atoms with Gasteiger partial charge in [0.05, 0.1) is 6.04 Å². The van der Waals surface area contributed by atoms with Gasteiger partial charge in [-0.25, -0.2) is 4.79 Å². The summed E-state index contributed by atoms with van der Waals surface area (Å²) in [7, 11) is 0. The van der Waals surface area contributed by atoms with Crippen molar-refractivity contribution in [3.8, 4) is 0 Å². The molecule has 1 aromatic carbocycles. The van der Waals surface area contributed by atoms with Crippen molar-refractivity contribution in [2.75, 3.05) is 6.61 Å². The van der Waals surface area contributed by atoms with E-state index in [1.54, 1.807) is 0 Å². The Hall–Kier alpha value is -1.84. The summed E-state index contributed by atoms with van der Waals surface area (Å²) in [4.78, 5) is 24.6. The second-order valence-electron chi connectivity index (χ2n) is 5.27. The molecule has 1 fully saturated rings. The number of amides is 1. The first-order valence-electron chi connectivity index (χ1n) is 7.12. The molecule has 1 saturated heterocycles. The molecular formula is C16H21NO3. The van der Waals surface area contributed by atoms with Crippen molar-refractivity contribution in [3.05, 3.63) is 35.9 Å². The van der Waals surface area contributed by atoms with E-state index >= 15 is 0 Å². The summed E-state index contributed by atoms with van der Waals surface area (Å²) in [5.74, 6) is 0.134. The Morgan fingerprint density at radius 1 is 1.40 bits per heavy atom. The zero-order valence-corrected chi connectivity index (χ0v) is 12.0. The van der Waals surface area contributed by atoms with Gasteiger partial charge in [-0.15, -0.1) is 0 Å². The van der Waals surface area contributed by atoms with E-state index in [0.29, 0.717) is 13.0 Å². The van der Waals surface area contributed by atoms with E-state index in [1.807, 2.05) is 49.1 Å². The topological polar surface area (TPSA) is 46.6 Å². The predicted octanol–water partition coefficient (Wildman–Crippen LogP) is 3.18. The van der Waals surface area contributed by atoms with Crippen LogP contribution in [0.15, 0.2) is 30.3 Å². The summed E-state index contributed by atoms with van der Waals surface area (Å²) in [5.41, 5.74) is 1.08. The van der Waals surface area contributed by atoms with Crippen molar-refractivity contribution in [2.24, 2.45) is 5.92 Å². The van der Waals surface area contributed by atoms with Gasteiger partial charge >= 0.3 is 6.09 Å². The Kier molecular flexibility index (Phi) is 4.77. The first-order chi connectivity index (χ1) is 9.69. The fourth-order valence-electron chi connectivity index (χ4n) is 2.91. The summed E-state index contributed by atoms with van der Waals surface area (Å²) >= 11 is 0. The molecule has 3 atom stereocenters. The van der Waals surface area contributed by atoms with Crippen LogP contribution in [0.1, 0.15) is 38.3 Å². The van der Waals surface area contributed by atoms with Crippen LogP contribution in [-0.2, 0) is 9.53 Å². The van der Waals surface area contributed by atoms with E-state index in [4.69, 9.17) is 4.74 Å². The second-order valence-corrected chi connectivity index (χ2v) is 5.27. The van der Waals surface area contributed by atoms with Gasteiger partial charge < -0.3 is 9.53 Å². The van der Waals surface area contributed by atoms with Gasteiger partial charge in [0.1, 0.15) is 12.9 Å². The van der Waals surface area contributed by atoms with E-state index in [9.17, 15) is 9.59 Å². The highest BCUT2D eigenvalue weighted by Crippen LogP contribution is 2.33. The van der Waals surface area contributed by atoms with Crippen molar-refractivity contribution < 1.29 is 14.3 Å². The van der Waals surface area contributed by atoms with Gasteiger partial charge in [0, 0.05) is 12.5 Å². The second kappa shape index (κ2) is 6.55. The smallest absolute Gasteiger partial charge is 0.410 e. The number of carbonyl (C=O) groups excluding carboxylic acids is 2. The SMILES string of the molecule is CC[C@@H](C(C)CC=O)N1C(=O)OC[C@@H]1c1ccccc1. The highest BCUT2D eigenvalue weighted by Gasteiger charge is 2.40. The lowest BCUT2D eigenvalue weighted by Gasteiger charge is -2.33. The van der Waals surface area contributed by atoms with Crippen LogP contribution in [0.4, 0.5) is 4.79 Å². The molecule has 0 spiro atoms. The van der Waals surface area contributed by atoms with Crippen LogP contribution < -0.4 is 0 Å². The lowest BCUT2D eigenvalue weighted by molar-refractivity contribution is -0.109. The summed E-state index contributed by atoms with van der Waals surface area (Å²) < 4.78 is 5.24. The molecular weight excluding hydrogens is 254 g/mol. The Morgan fingerprint density at radius 3 is 2.70 bits per heavy atom. The number of hydrogen-bond donors (Lipinski definition) is 0. The van der Waals surface area contributed by atoms with Crippen molar-refractivity contribution in [2.45, 2.75) is 38.8 Å². The van der Waals surface area contributed by atoms with Gasteiger partial charge in [-0.2, -0.15) is 0 Å². The Bertz CT molecular complexity index is 460. The van der Waals surface area contributed by atoms with Crippen molar-refractivity contribution in [3.63, 3.8) is 0 Å². The molecule has 0 radical (unpaired) electrons. The fraction of sp³-hybridized carbons (Fsp3) is 0.500. The molecule has 2 rings (SSSR count). The summed E-state index contributed by atoms with van der Waals surface area (Å²) in [6, 6.07) is 9.88. The van der Waals surface area contributed by atoms with E-state index in [2.05, 4.69) is 0 Å². The van der Waals surface area contributed by atoms with Crippen LogP contribution in [0.5, 0.6) is 0 Å². The number of ether oxygens (including phenoxy) is 1. The molecule has 1 aliphatic rings. The van der Waals surface area contributed by atoms with Crippen molar-refractivity contribution in [1.29, 1.82) is 0 Å². The van der Waals surface area contributed by atoms with E-state index in [0.717, 1.165) is 18.3 Å². The quantitative estimate of drug-likeness (QED) is 0.749. The van der Waals surface area contributed by atoms with Crippen LogP contribution in [-0.4, -0.2) is 29.9 Å². The molecule has 1 unspecified atom stereocenters. The Balaban J connectivity index is 2.25. The van der Waals surface area contributed by atoms with Crippen LogP contribution in [0, 0.1) is 5.92 Å². The molecule has 0 N–H and O–H groups in total. The standard InChI is InChI=1S/C16H21NO3/c1-3-14(12(2)9-10-18)17-15(11-20-16(17)19)13-7-5-4-6-8-13/h4-8,10,12,14-15H,3,9,11H2,1-2H3/t12?,14-,15+/m0/s1. The molecule has 1 aromatic rings. The first kappa shape index (κ1) is 14.6. The zero-order chi connectivity index (χ0) is 14.5. The van der Waals surface area contributed by atoms with Crippen LogP contribution in [0.25, 0.3) is 0 Å². The van der Waals surface area contributed by atoms with Gasteiger partial charge in [0.2, 0.25) is 0 Å². The van der Waals surface area contributed by atoms with E-state index in [1.165, 1.54) is 0 Å². The van der Waals surface area contributed by atoms with Gasteiger partial charge in [0.25, 0.3) is 0 Å². The molecule has 1 amide bonds. The zero-order valence-electron chi connectivity index (χ0n) is 12.0. The van der Waals surface area contributed by atoms with Gasteiger partial charge in [-0.05, 0) is 17.9 Å². The molecule has 4 heteroatoms. The molecule has 0 aliphatic carbocycles. The number of aldehydes is 1. The molecule has 108 valence electrons. The van der Waals surface area contributed by atoms with E-state index in [-0.39, 0.29) is 24.1 Å². The van der Waals surface area contributed by atoms with Gasteiger partial charge in [-0.3, -0.25) is 4.90 Å². The maximum absolute atomic E-state index is 12.1. The van der Waals surface area contributed by atoms with Gasteiger partial charge in [-0.1, -0.05) is 44.2 Å². The minimum absolute atomic E-state index is 0.0282. The largest absolute Gasteiger partial charge is 0.447 e. The Labute approximate surface area is 119 Å². The Morgan fingerprint density at radius 2 is 2.10 bits per heavy atom. The summed E-state index contributed by atoms with van der Waals surface area (Å²) in [6.07, 6.45) is 1.92. The van der Waals surface area contributed by atoms with E-state index < -0.39 is 0 Å². The molecule has 0 saturated carbocycles. The fourth-order valence-corrected chi connectivity index (χ4v) is 2.91. The molecule has 0 bridgehead atoms. The third-order valence-electron chi connectivity index (χ3n) is 4.00. The summed E-state index contributed by atoms with van der Waals surface area (Å²) in [5, 5.41) is 0. The van der Waals surface area contributed by atoms with Crippen LogP contribution in [0.3, 0.4) is 0 Å². The lowest BCUT2D eigenvalue weighted by Crippen LogP contribution is -2.41. The number of hydrogen-bond acceptors (Lipinski definition) is 3. The third kappa shape index (κ3) is 2.84.